The molecule has 0 spiro atoms. The van der Waals surface area contributed by atoms with Gasteiger partial charge in [-0.05, 0) is 31.4 Å². The molecule has 3 aromatic rings. The number of aryl methyl sites for hydroxylation is 1. The fraction of sp³-hybridized carbons (Fsp3) is 0.421. The number of piperidine rings is 1. The molecule has 6 nitrogen and oxygen atoms in total. The summed E-state index contributed by atoms with van der Waals surface area (Å²) in [6.45, 7) is 2.81. The first-order chi connectivity index (χ1) is 12.2. The van der Waals surface area contributed by atoms with Crippen molar-refractivity contribution in [3.05, 3.63) is 42.5 Å². The number of para-hydroxylation sites is 2. The van der Waals surface area contributed by atoms with E-state index >= 15 is 0 Å². The van der Waals surface area contributed by atoms with Crippen molar-refractivity contribution in [2.45, 2.75) is 25.8 Å². The van der Waals surface area contributed by atoms with E-state index in [0.717, 1.165) is 41.6 Å². The highest BCUT2D eigenvalue weighted by molar-refractivity contribution is 5.80. The Morgan fingerprint density at radius 3 is 2.44 bits per heavy atom. The van der Waals surface area contributed by atoms with E-state index in [-0.39, 0.29) is 0 Å². The number of benzene rings is 1. The molecule has 2 aromatic heterocycles. The molecular formula is C19H24N6. The molecule has 0 unspecified atom stereocenters. The summed E-state index contributed by atoms with van der Waals surface area (Å²) in [5.41, 5.74) is 1.89. The number of aromatic nitrogens is 4. The average molecular weight is 336 g/mol. The zero-order chi connectivity index (χ0) is 17.2. The standard InChI is InChI=1S/C19H24N6/c1-23-13-10-20-17(23)14-24(2)18-19(25-11-6-3-7-12-25)22-16-9-5-4-8-15(16)21-18/h4-5,8-10,13H,3,6-7,11-12,14H2,1-2H3. The Morgan fingerprint density at radius 1 is 1.04 bits per heavy atom. The lowest BCUT2D eigenvalue weighted by molar-refractivity contribution is 0.572. The first-order valence-electron chi connectivity index (χ1n) is 8.91. The lowest BCUT2D eigenvalue weighted by Crippen LogP contribution is -2.33. The van der Waals surface area contributed by atoms with E-state index in [2.05, 4.69) is 21.8 Å². The predicted octanol–water partition coefficient (Wildman–Crippen LogP) is 2.99. The largest absolute Gasteiger partial charge is 0.354 e. The lowest BCUT2D eigenvalue weighted by Gasteiger charge is -2.31. The van der Waals surface area contributed by atoms with Gasteiger partial charge in [-0.25, -0.2) is 15.0 Å². The molecule has 1 aliphatic rings. The minimum atomic E-state index is 0.706. The highest BCUT2D eigenvalue weighted by Crippen LogP contribution is 2.30. The number of nitrogens with zero attached hydrogens (tertiary/aromatic N) is 6. The SMILES string of the molecule is CN(Cc1nccn1C)c1nc2ccccc2nc1N1CCCCC1. The monoisotopic (exact) mass is 336 g/mol. The Morgan fingerprint density at radius 2 is 1.76 bits per heavy atom. The molecule has 0 saturated carbocycles. The first kappa shape index (κ1) is 15.9. The number of anilines is 2. The zero-order valence-corrected chi connectivity index (χ0v) is 14.9. The smallest absolute Gasteiger partial charge is 0.172 e. The van der Waals surface area contributed by atoms with Gasteiger partial charge in [0.25, 0.3) is 0 Å². The van der Waals surface area contributed by atoms with Crippen LogP contribution >= 0.6 is 0 Å². The second-order valence-electron chi connectivity index (χ2n) is 6.72. The Bertz CT molecular complexity index is 865. The maximum Gasteiger partial charge on any atom is 0.172 e. The molecule has 0 radical (unpaired) electrons. The van der Waals surface area contributed by atoms with Crippen LogP contribution in [0.15, 0.2) is 36.7 Å². The second kappa shape index (κ2) is 6.70. The van der Waals surface area contributed by atoms with Crippen LogP contribution in [0.4, 0.5) is 11.6 Å². The van der Waals surface area contributed by atoms with Gasteiger partial charge in [-0.1, -0.05) is 12.1 Å². The van der Waals surface area contributed by atoms with Crippen LogP contribution < -0.4 is 9.80 Å². The summed E-state index contributed by atoms with van der Waals surface area (Å²) in [6, 6.07) is 8.10. The van der Waals surface area contributed by atoms with Crippen molar-refractivity contribution in [1.82, 2.24) is 19.5 Å². The van der Waals surface area contributed by atoms with Crippen molar-refractivity contribution in [2.24, 2.45) is 7.05 Å². The normalized spacial score (nSPS) is 14.9. The number of hydrogen-bond donors (Lipinski definition) is 0. The van der Waals surface area contributed by atoms with Gasteiger partial charge >= 0.3 is 0 Å². The minimum absolute atomic E-state index is 0.706. The molecule has 0 bridgehead atoms. The summed E-state index contributed by atoms with van der Waals surface area (Å²) in [7, 11) is 4.09. The molecule has 1 saturated heterocycles. The number of hydrogen-bond acceptors (Lipinski definition) is 5. The van der Waals surface area contributed by atoms with Crippen molar-refractivity contribution in [3.8, 4) is 0 Å². The molecule has 0 amide bonds. The third-order valence-corrected chi connectivity index (χ3v) is 4.85. The van der Waals surface area contributed by atoms with Gasteiger partial charge in [-0.3, -0.25) is 0 Å². The molecular weight excluding hydrogens is 312 g/mol. The molecule has 0 aliphatic carbocycles. The Kier molecular flexibility index (Phi) is 4.26. The second-order valence-corrected chi connectivity index (χ2v) is 6.72. The summed E-state index contributed by atoms with van der Waals surface area (Å²) in [5, 5.41) is 0. The molecule has 130 valence electrons. The van der Waals surface area contributed by atoms with E-state index in [0.29, 0.717) is 6.54 Å². The lowest BCUT2D eigenvalue weighted by atomic mass is 10.1. The Labute approximate surface area is 148 Å². The quantitative estimate of drug-likeness (QED) is 0.733. The molecule has 25 heavy (non-hydrogen) atoms. The van der Waals surface area contributed by atoms with Crippen molar-refractivity contribution in [1.29, 1.82) is 0 Å². The van der Waals surface area contributed by atoms with Crippen molar-refractivity contribution in [2.75, 3.05) is 29.9 Å². The maximum atomic E-state index is 4.97. The summed E-state index contributed by atoms with van der Waals surface area (Å²) in [4.78, 5) is 18.9. The number of rotatable bonds is 4. The molecule has 1 aromatic carbocycles. The first-order valence-corrected chi connectivity index (χ1v) is 8.91. The topological polar surface area (TPSA) is 50.1 Å². The Hall–Kier alpha value is -2.63. The van der Waals surface area contributed by atoms with E-state index in [9.17, 15) is 0 Å². The fourth-order valence-corrected chi connectivity index (χ4v) is 3.39. The Balaban J connectivity index is 1.75. The van der Waals surface area contributed by atoms with Crippen LogP contribution in [0.2, 0.25) is 0 Å². The van der Waals surface area contributed by atoms with Gasteiger partial charge in [0.2, 0.25) is 0 Å². The highest BCUT2D eigenvalue weighted by atomic mass is 15.3. The third-order valence-electron chi connectivity index (χ3n) is 4.85. The number of fused-ring (bicyclic) bond motifs is 1. The molecule has 1 aliphatic heterocycles. The van der Waals surface area contributed by atoms with Crippen molar-refractivity contribution in [3.63, 3.8) is 0 Å². The molecule has 0 N–H and O–H groups in total. The highest BCUT2D eigenvalue weighted by Gasteiger charge is 2.21. The van der Waals surface area contributed by atoms with Crippen LogP contribution in [-0.2, 0) is 13.6 Å². The van der Waals surface area contributed by atoms with Crippen LogP contribution in [0, 0.1) is 0 Å². The van der Waals surface area contributed by atoms with E-state index in [4.69, 9.17) is 9.97 Å². The van der Waals surface area contributed by atoms with E-state index < -0.39 is 0 Å². The summed E-state index contributed by atoms with van der Waals surface area (Å²) in [6.07, 6.45) is 7.55. The number of imidazole rings is 1. The zero-order valence-electron chi connectivity index (χ0n) is 14.9. The van der Waals surface area contributed by atoms with Gasteiger partial charge in [0.05, 0.1) is 17.6 Å². The van der Waals surface area contributed by atoms with Gasteiger partial charge in [0.15, 0.2) is 11.6 Å². The fourth-order valence-electron chi connectivity index (χ4n) is 3.39. The van der Waals surface area contributed by atoms with E-state index in [1.807, 2.05) is 48.3 Å². The summed E-state index contributed by atoms with van der Waals surface area (Å²) >= 11 is 0. The van der Waals surface area contributed by atoms with Crippen LogP contribution in [0.25, 0.3) is 11.0 Å². The predicted molar refractivity (Wildman–Crippen MR) is 101 cm³/mol. The summed E-state index contributed by atoms with van der Waals surface area (Å²) in [5.74, 6) is 2.95. The summed E-state index contributed by atoms with van der Waals surface area (Å²) < 4.78 is 2.05. The van der Waals surface area contributed by atoms with Gasteiger partial charge < -0.3 is 14.4 Å². The molecule has 1 fully saturated rings. The van der Waals surface area contributed by atoms with E-state index in [1.165, 1.54) is 19.3 Å². The van der Waals surface area contributed by atoms with Gasteiger partial charge in [0.1, 0.15) is 5.82 Å². The maximum absolute atomic E-state index is 4.97. The van der Waals surface area contributed by atoms with Gasteiger partial charge in [-0.15, -0.1) is 0 Å². The average Bonchev–Trinajstić information content (AvgIpc) is 3.06. The van der Waals surface area contributed by atoms with Crippen LogP contribution in [-0.4, -0.2) is 39.7 Å². The molecule has 6 heteroatoms. The van der Waals surface area contributed by atoms with Gasteiger partial charge in [0, 0.05) is 39.6 Å². The van der Waals surface area contributed by atoms with Gasteiger partial charge in [-0.2, -0.15) is 0 Å². The van der Waals surface area contributed by atoms with Crippen LogP contribution in [0.5, 0.6) is 0 Å². The molecule has 0 atom stereocenters. The van der Waals surface area contributed by atoms with E-state index in [1.54, 1.807) is 0 Å². The van der Waals surface area contributed by atoms with Crippen molar-refractivity contribution >= 4 is 22.7 Å². The van der Waals surface area contributed by atoms with Crippen LogP contribution in [0.1, 0.15) is 25.1 Å². The minimum Gasteiger partial charge on any atom is -0.354 e. The van der Waals surface area contributed by atoms with Crippen LogP contribution in [0.3, 0.4) is 0 Å². The third kappa shape index (κ3) is 3.16. The molecule has 4 rings (SSSR count). The van der Waals surface area contributed by atoms with Crippen molar-refractivity contribution < 1.29 is 0 Å². The molecule has 3 heterocycles.